The number of aromatic nitrogens is 3. The Morgan fingerprint density at radius 1 is 1.11 bits per heavy atom. The molecule has 4 aromatic rings. The average Bonchev–Trinajstić information content (AvgIpc) is 3.63. The Morgan fingerprint density at radius 3 is 2.69 bits per heavy atom. The number of hydrogen-bond donors (Lipinski definition) is 2. The van der Waals surface area contributed by atoms with Crippen molar-refractivity contribution in [2.45, 2.75) is 49.1 Å². The monoisotopic (exact) mass is 497 g/mol. The zero-order valence-electron chi connectivity index (χ0n) is 20.7. The van der Waals surface area contributed by atoms with Crippen LogP contribution in [-0.2, 0) is 6.54 Å². The third-order valence-electron chi connectivity index (χ3n) is 6.40. The van der Waals surface area contributed by atoms with Crippen molar-refractivity contribution in [3.8, 4) is 0 Å². The van der Waals surface area contributed by atoms with Crippen LogP contribution in [0.15, 0.2) is 70.6 Å². The van der Waals surface area contributed by atoms with Gasteiger partial charge in [-0.2, -0.15) is 5.10 Å². The summed E-state index contributed by atoms with van der Waals surface area (Å²) in [5.41, 5.74) is 4.68. The normalized spacial score (nSPS) is 13.6. The quantitative estimate of drug-likeness (QED) is 0.281. The van der Waals surface area contributed by atoms with Crippen LogP contribution in [0.1, 0.15) is 54.0 Å². The highest BCUT2D eigenvalue weighted by molar-refractivity contribution is 7.99. The minimum atomic E-state index is 0.00494. The molecular formula is C29H31N5OS. The molecule has 0 spiro atoms. The van der Waals surface area contributed by atoms with E-state index in [2.05, 4.69) is 69.6 Å². The Morgan fingerprint density at radius 2 is 1.94 bits per heavy atom. The van der Waals surface area contributed by atoms with Gasteiger partial charge in [-0.05, 0) is 80.0 Å². The summed E-state index contributed by atoms with van der Waals surface area (Å²) in [4.78, 5) is 21.6. The summed E-state index contributed by atoms with van der Waals surface area (Å²) in [6, 6.07) is 18.5. The lowest BCUT2D eigenvalue weighted by atomic mass is 10.2. The van der Waals surface area contributed by atoms with Crippen LogP contribution in [0.3, 0.4) is 0 Å². The van der Waals surface area contributed by atoms with Crippen molar-refractivity contribution >= 4 is 40.7 Å². The van der Waals surface area contributed by atoms with Crippen molar-refractivity contribution in [2.75, 3.05) is 13.1 Å². The molecule has 0 unspecified atom stereocenters. The van der Waals surface area contributed by atoms with Crippen molar-refractivity contribution in [3.63, 3.8) is 0 Å². The molecule has 1 aliphatic carbocycles. The Hall–Kier alpha value is -3.42. The van der Waals surface area contributed by atoms with Gasteiger partial charge in [-0.15, -0.1) is 0 Å². The second kappa shape index (κ2) is 11.1. The molecule has 0 radical (unpaired) electrons. The Balaban J connectivity index is 1.28. The van der Waals surface area contributed by atoms with E-state index in [-0.39, 0.29) is 5.91 Å². The van der Waals surface area contributed by atoms with E-state index in [1.807, 2.05) is 42.6 Å². The van der Waals surface area contributed by atoms with Gasteiger partial charge in [0.2, 0.25) is 0 Å². The van der Waals surface area contributed by atoms with E-state index in [0.29, 0.717) is 6.04 Å². The standard InChI is InChI=1S/C29H31N5OS/c1-3-34(4-2)19-20-9-10-21(30-18-20)13-16-26-24-15-14-23(17-27(24)33-32-26)36-28-8-6-5-7-25(28)29(35)31-22-11-12-22/h5-10,13-18,22H,3-4,11-12,19H2,1-2H3,(H,31,35)(H,32,33)/b16-13+. The summed E-state index contributed by atoms with van der Waals surface area (Å²) in [7, 11) is 0. The number of carbonyl (C=O) groups is 1. The third kappa shape index (κ3) is 5.86. The fraction of sp³-hybridized carbons (Fsp3) is 0.276. The molecule has 2 N–H and O–H groups in total. The van der Waals surface area contributed by atoms with Crippen LogP contribution in [0.2, 0.25) is 0 Å². The van der Waals surface area contributed by atoms with Crippen molar-refractivity contribution in [1.82, 2.24) is 25.4 Å². The fourth-order valence-electron chi connectivity index (χ4n) is 4.07. The molecule has 0 saturated heterocycles. The molecule has 0 bridgehead atoms. The largest absolute Gasteiger partial charge is 0.349 e. The van der Waals surface area contributed by atoms with Crippen molar-refractivity contribution in [3.05, 3.63) is 83.3 Å². The SMILES string of the molecule is CCN(CC)Cc1ccc(/C=C/c2n[nH]c3cc(Sc4ccccc4C(=O)NC4CC4)ccc23)nc1. The first-order chi connectivity index (χ1) is 17.6. The number of aromatic amines is 1. The van der Waals surface area contributed by atoms with E-state index in [1.165, 1.54) is 5.56 Å². The first-order valence-corrected chi connectivity index (χ1v) is 13.4. The van der Waals surface area contributed by atoms with Crippen LogP contribution in [0, 0.1) is 0 Å². The molecule has 2 aromatic heterocycles. The fourth-order valence-corrected chi connectivity index (χ4v) is 5.05. The topological polar surface area (TPSA) is 73.9 Å². The van der Waals surface area contributed by atoms with Crippen LogP contribution >= 0.6 is 11.8 Å². The lowest BCUT2D eigenvalue weighted by molar-refractivity contribution is 0.0948. The van der Waals surface area contributed by atoms with Gasteiger partial charge in [0.25, 0.3) is 5.91 Å². The van der Waals surface area contributed by atoms with Crippen LogP contribution in [0.5, 0.6) is 0 Å². The molecule has 7 heteroatoms. The third-order valence-corrected chi connectivity index (χ3v) is 7.46. The number of fused-ring (bicyclic) bond motifs is 1. The van der Waals surface area contributed by atoms with E-state index in [1.54, 1.807) is 11.8 Å². The summed E-state index contributed by atoms with van der Waals surface area (Å²) in [5.74, 6) is 0.00494. The summed E-state index contributed by atoms with van der Waals surface area (Å²) in [5, 5.41) is 11.8. The number of carbonyl (C=O) groups excluding carboxylic acids is 1. The van der Waals surface area contributed by atoms with Crippen molar-refractivity contribution < 1.29 is 4.79 Å². The first-order valence-electron chi connectivity index (χ1n) is 12.5. The number of H-pyrrole nitrogens is 1. The molecule has 184 valence electrons. The molecule has 5 rings (SSSR count). The highest BCUT2D eigenvalue weighted by Crippen LogP contribution is 2.33. The van der Waals surface area contributed by atoms with Gasteiger partial charge in [-0.3, -0.25) is 19.8 Å². The molecule has 6 nitrogen and oxygen atoms in total. The second-order valence-corrected chi connectivity index (χ2v) is 10.2. The average molecular weight is 498 g/mol. The van der Waals surface area contributed by atoms with E-state index < -0.39 is 0 Å². The predicted molar refractivity (Wildman–Crippen MR) is 147 cm³/mol. The number of amides is 1. The molecule has 36 heavy (non-hydrogen) atoms. The van der Waals surface area contributed by atoms with Gasteiger partial charge in [-0.1, -0.05) is 43.8 Å². The minimum Gasteiger partial charge on any atom is -0.349 e. The Kier molecular flexibility index (Phi) is 7.49. The second-order valence-electron chi connectivity index (χ2n) is 9.05. The zero-order chi connectivity index (χ0) is 24.9. The van der Waals surface area contributed by atoms with E-state index in [0.717, 1.165) is 70.1 Å². The van der Waals surface area contributed by atoms with E-state index in [9.17, 15) is 4.79 Å². The number of nitrogens with zero attached hydrogens (tertiary/aromatic N) is 3. The van der Waals surface area contributed by atoms with Crippen LogP contribution in [0.4, 0.5) is 0 Å². The predicted octanol–water partition coefficient (Wildman–Crippen LogP) is 6.01. The van der Waals surface area contributed by atoms with E-state index in [4.69, 9.17) is 0 Å². The highest BCUT2D eigenvalue weighted by Gasteiger charge is 2.24. The van der Waals surface area contributed by atoms with Crippen LogP contribution in [-0.4, -0.2) is 45.1 Å². The van der Waals surface area contributed by atoms with Gasteiger partial charge in [0.05, 0.1) is 22.5 Å². The lowest BCUT2D eigenvalue weighted by Gasteiger charge is -2.17. The summed E-state index contributed by atoms with van der Waals surface area (Å²) in [6.45, 7) is 7.35. The molecule has 1 saturated carbocycles. The summed E-state index contributed by atoms with van der Waals surface area (Å²) >= 11 is 1.59. The van der Waals surface area contributed by atoms with Gasteiger partial charge in [0.1, 0.15) is 0 Å². The zero-order valence-corrected chi connectivity index (χ0v) is 21.5. The van der Waals surface area contributed by atoms with E-state index >= 15 is 0 Å². The smallest absolute Gasteiger partial charge is 0.252 e. The number of benzene rings is 2. The maximum absolute atomic E-state index is 12.6. The van der Waals surface area contributed by atoms with Gasteiger partial charge in [0.15, 0.2) is 0 Å². The molecule has 0 atom stereocenters. The van der Waals surface area contributed by atoms with Crippen LogP contribution in [0.25, 0.3) is 23.1 Å². The van der Waals surface area contributed by atoms with Crippen LogP contribution < -0.4 is 5.32 Å². The molecule has 2 aromatic carbocycles. The van der Waals surface area contributed by atoms with Crippen molar-refractivity contribution in [2.24, 2.45) is 0 Å². The summed E-state index contributed by atoms with van der Waals surface area (Å²) in [6.07, 6.45) is 8.09. The molecule has 0 aliphatic heterocycles. The number of pyridine rings is 1. The number of hydrogen-bond acceptors (Lipinski definition) is 5. The highest BCUT2D eigenvalue weighted by atomic mass is 32.2. The molecule has 1 amide bonds. The maximum atomic E-state index is 12.6. The molecule has 2 heterocycles. The first kappa shape index (κ1) is 24.3. The van der Waals surface area contributed by atoms with Gasteiger partial charge in [-0.25, -0.2) is 0 Å². The summed E-state index contributed by atoms with van der Waals surface area (Å²) < 4.78 is 0. The number of nitrogens with one attached hydrogen (secondary N) is 2. The minimum absolute atomic E-state index is 0.00494. The number of rotatable bonds is 10. The van der Waals surface area contributed by atoms with Gasteiger partial charge in [0, 0.05) is 34.0 Å². The Bertz CT molecular complexity index is 1370. The van der Waals surface area contributed by atoms with Gasteiger partial charge >= 0.3 is 0 Å². The Labute approximate surface area is 216 Å². The maximum Gasteiger partial charge on any atom is 0.252 e. The van der Waals surface area contributed by atoms with Gasteiger partial charge < -0.3 is 5.32 Å². The van der Waals surface area contributed by atoms with Crippen molar-refractivity contribution in [1.29, 1.82) is 0 Å². The lowest BCUT2D eigenvalue weighted by Crippen LogP contribution is -2.25. The molecular weight excluding hydrogens is 466 g/mol. The molecule has 1 fully saturated rings. The molecule has 1 aliphatic rings.